The molecular formula is C22H32N2O3. The molecule has 5 nitrogen and oxygen atoms in total. The fraction of sp³-hybridized carbons (Fsp3) is 0.682. The average molecular weight is 373 g/mol. The smallest absolute Gasteiger partial charge is 0.323 e. The molecule has 2 N–H and O–H groups in total. The number of carbonyl (C=O) groups excluding carboxylic acids is 1. The van der Waals surface area contributed by atoms with Crippen molar-refractivity contribution in [2.75, 3.05) is 20.2 Å². The Bertz CT molecular complexity index is 718. The molecule has 27 heavy (non-hydrogen) atoms. The molecule has 0 amide bonds. The van der Waals surface area contributed by atoms with Crippen molar-refractivity contribution in [3.05, 3.63) is 29.3 Å². The Hall–Kier alpha value is -1.59. The summed E-state index contributed by atoms with van der Waals surface area (Å²) in [5.41, 5.74) is 8.55. The lowest BCUT2D eigenvalue weighted by atomic mass is 9.62. The van der Waals surface area contributed by atoms with Crippen LogP contribution in [0.15, 0.2) is 18.2 Å². The van der Waals surface area contributed by atoms with Crippen molar-refractivity contribution in [2.45, 2.75) is 69.6 Å². The number of esters is 1. The summed E-state index contributed by atoms with van der Waals surface area (Å²) in [7, 11) is 1.70. The maximum Gasteiger partial charge on any atom is 0.323 e. The van der Waals surface area contributed by atoms with Crippen LogP contribution in [0.5, 0.6) is 5.75 Å². The number of carbonyl (C=O) groups is 1. The number of aryl methyl sites for hydroxylation is 1. The second-order valence-electron chi connectivity index (χ2n) is 8.63. The maximum absolute atomic E-state index is 12.4. The number of hydrogen-bond acceptors (Lipinski definition) is 5. The van der Waals surface area contributed by atoms with Crippen molar-refractivity contribution < 1.29 is 14.3 Å². The minimum Gasteiger partial charge on any atom is -0.497 e. The fourth-order valence-corrected chi connectivity index (χ4v) is 5.20. The van der Waals surface area contributed by atoms with Gasteiger partial charge < -0.3 is 15.2 Å². The Balaban J connectivity index is 1.76. The van der Waals surface area contributed by atoms with Gasteiger partial charge in [-0.1, -0.05) is 13.0 Å². The highest BCUT2D eigenvalue weighted by Crippen LogP contribution is 2.48. The van der Waals surface area contributed by atoms with Crippen LogP contribution in [0.3, 0.4) is 0 Å². The van der Waals surface area contributed by atoms with E-state index in [1.54, 1.807) is 7.11 Å². The summed E-state index contributed by atoms with van der Waals surface area (Å²) in [6, 6.07) is 5.98. The van der Waals surface area contributed by atoms with Crippen LogP contribution < -0.4 is 10.5 Å². The number of hydrogen-bond donors (Lipinski definition) is 1. The number of nitrogens with two attached hydrogens (primary N) is 1. The molecule has 0 aromatic heterocycles. The topological polar surface area (TPSA) is 64.8 Å². The minimum atomic E-state index is -0.556. The van der Waals surface area contributed by atoms with Crippen molar-refractivity contribution in [3.63, 3.8) is 0 Å². The predicted molar refractivity (Wildman–Crippen MR) is 105 cm³/mol. The summed E-state index contributed by atoms with van der Waals surface area (Å²) >= 11 is 0. The lowest BCUT2D eigenvalue weighted by molar-refractivity contribution is -0.175. The molecule has 4 unspecified atom stereocenters. The van der Waals surface area contributed by atoms with Crippen molar-refractivity contribution >= 4 is 5.97 Å². The molecule has 2 aliphatic heterocycles. The average Bonchev–Trinajstić information content (AvgIpc) is 3.49. The van der Waals surface area contributed by atoms with Crippen LogP contribution in [0.4, 0.5) is 0 Å². The standard InChI is InChI=1S/C22H32N2O3/c1-4-16-7-8-17(26-3)11-18(16)22-9-10-24(13-15-5-6-15)14(2)20(22)27-21(25)19(23)12-22/h7-8,11,14-15,19-20H,4-6,9-10,12-13,23H2,1-3H3. The Morgan fingerprint density at radius 1 is 1.37 bits per heavy atom. The number of likely N-dealkylation sites (tertiary alicyclic amines) is 1. The number of ether oxygens (including phenoxy) is 2. The van der Waals surface area contributed by atoms with Gasteiger partial charge in [-0.15, -0.1) is 0 Å². The normalized spacial score (nSPS) is 34.1. The van der Waals surface area contributed by atoms with E-state index < -0.39 is 6.04 Å². The Kier molecular flexibility index (Phi) is 4.93. The van der Waals surface area contributed by atoms with Gasteiger partial charge in [0.25, 0.3) is 0 Å². The van der Waals surface area contributed by atoms with E-state index in [0.717, 1.165) is 37.6 Å². The summed E-state index contributed by atoms with van der Waals surface area (Å²) in [6.07, 6.45) is 5.07. The zero-order valence-corrected chi connectivity index (χ0v) is 16.7. The van der Waals surface area contributed by atoms with Crippen LogP contribution >= 0.6 is 0 Å². The van der Waals surface area contributed by atoms with Crippen LogP contribution in [-0.2, 0) is 21.4 Å². The van der Waals surface area contributed by atoms with Gasteiger partial charge in [0.05, 0.1) is 7.11 Å². The Morgan fingerprint density at radius 3 is 2.81 bits per heavy atom. The summed E-state index contributed by atoms with van der Waals surface area (Å²) in [4.78, 5) is 14.9. The fourth-order valence-electron chi connectivity index (χ4n) is 5.20. The number of benzene rings is 1. The zero-order valence-electron chi connectivity index (χ0n) is 16.7. The van der Waals surface area contributed by atoms with Gasteiger partial charge in [-0.05, 0) is 74.8 Å². The molecule has 1 aliphatic carbocycles. The van der Waals surface area contributed by atoms with Crippen molar-refractivity contribution in [2.24, 2.45) is 11.7 Å². The van der Waals surface area contributed by atoms with Gasteiger partial charge >= 0.3 is 5.97 Å². The van der Waals surface area contributed by atoms with E-state index >= 15 is 0 Å². The first kappa shape index (κ1) is 18.8. The third-order valence-corrected chi connectivity index (χ3v) is 6.96. The molecule has 0 spiro atoms. The molecule has 148 valence electrons. The first-order valence-electron chi connectivity index (χ1n) is 10.4. The van der Waals surface area contributed by atoms with Crippen molar-refractivity contribution in [1.82, 2.24) is 4.90 Å². The van der Waals surface area contributed by atoms with Gasteiger partial charge in [0.15, 0.2) is 0 Å². The van der Waals surface area contributed by atoms with Gasteiger partial charge in [0.2, 0.25) is 0 Å². The molecule has 0 bridgehead atoms. The first-order chi connectivity index (χ1) is 13.0. The molecule has 1 saturated carbocycles. The monoisotopic (exact) mass is 372 g/mol. The molecule has 2 saturated heterocycles. The van der Waals surface area contributed by atoms with Crippen LogP contribution in [0.25, 0.3) is 0 Å². The van der Waals surface area contributed by atoms with Gasteiger partial charge in [0.1, 0.15) is 17.9 Å². The lowest BCUT2D eigenvalue weighted by Crippen LogP contribution is -2.65. The number of nitrogens with zero attached hydrogens (tertiary/aromatic N) is 1. The van der Waals surface area contributed by atoms with E-state index in [9.17, 15) is 4.79 Å². The maximum atomic E-state index is 12.4. The molecule has 1 aromatic carbocycles. The number of rotatable bonds is 5. The highest BCUT2D eigenvalue weighted by atomic mass is 16.5. The summed E-state index contributed by atoms with van der Waals surface area (Å²) < 4.78 is 11.6. The van der Waals surface area contributed by atoms with Gasteiger partial charge in [-0.2, -0.15) is 0 Å². The summed E-state index contributed by atoms with van der Waals surface area (Å²) in [6.45, 7) is 6.54. The molecule has 2 heterocycles. The van der Waals surface area contributed by atoms with Crippen LogP contribution in [0, 0.1) is 5.92 Å². The number of piperidine rings is 1. The molecule has 3 aliphatic rings. The van der Waals surface area contributed by atoms with Gasteiger partial charge in [-0.3, -0.25) is 9.69 Å². The van der Waals surface area contributed by atoms with Crippen LogP contribution in [0.2, 0.25) is 0 Å². The molecule has 4 atom stereocenters. The Morgan fingerprint density at radius 2 is 2.15 bits per heavy atom. The van der Waals surface area contributed by atoms with E-state index in [1.807, 2.05) is 6.07 Å². The molecule has 1 aromatic rings. The van der Waals surface area contributed by atoms with Crippen molar-refractivity contribution in [3.8, 4) is 5.75 Å². The van der Waals surface area contributed by atoms with Gasteiger partial charge in [0, 0.05) is 18.0 Å². The SMILES string of the molecule is CCc1ccc(OC)cc1C12CCN(CC3CC3)C(C)C1OC(=O)C(N)C2. The molecule has 0 radical (unpaired) electrons. The Labute approximate surface area is 162 Å². The summed E-state index contributed by atoms with van der Waals surface area (Å²) in [5.74, 6) is 1.43. The third-order valence-electron chi connectivity index (χ3n) is 6.96. The second-order valence-corrected chi connectivity index (χ2v) is 8.63. The predicted octanol–water partition coefficient (Wildman–Crippen LogP) is 2.64. The van der Waals surface area contributed by atoms with Crippen molar-refractivity contribution in [1.29, 1.82) is 0 Å². The summed E-state index contributed by atoms with van der Waals surface area (Å²) in [5, 5.41) is 0. The molecule has 5 heteroatoms. The molecule has 3 fully saturated rings. The number of methoxy groups -OCH3 is 1. The zero-order chi connectivity index (χ0) is 19.2. The van der Waals surface area contributed by atoms with Crippen LogP contribution in [-0.4, -0.2) is 49.3 Å². The lowest BCUT2D eigenvalue weighted by Gasteiger charge is -2.54. The molecular weight excluding hydrogens is 340 g/mol. The van der Waals surface area contributed by atoms with E-state index in [2.05, 4.69) is 30.9 Å². The first-order valence-corrected chi connectivity index (χ1v) is 10.4. The van der Waals surface area contributed by atoms with E-state index in [0.29, 0.717) is 6.42 Å². The highest BCUT2D eigenvalue weighted by molar-refractivity contribution is 5.77. The largest absolute Gasteiger partial charge is 0.497 e. The molecule has 4 rings (SSSR count). The second kappa shape index (κ2) is 7.10. The highest BCUT2D eigenvalue weighted by Gasteiger charge is 2.55. The van der Waals surface area contributed by atoms with E-state index in [4.69, 9.17) is 15.2 Å². The minimum absolute atomic E-state index is 0.158. The van der Waals surface area contributed by atoms with E-state index in [1.165, 1.54) is 24.0 Å². The quantitative estimate of drug-likeness (QED) is 0.805. The van der Waals surface area contributed by atoms with Gasteiger partial charge in [-0.25, -0.2) is 0 Å². The third kappa shape index (κ3) is 3.25. The van der Waals surface area contributed by atoms with Crippen LogP contribution in [0.1, 0.15) is 50.7 Å². The number of fused-ring (bicyclic) bond motifs is 1. The van der Waals surface area contributed by atoms with E-state index in [-0.39, 0.29) is 23.5 Å².